The molecule has 2 rings (SSSR count). The van der Waals surface area contributed by atoms with Crippen LogP contribution in [-0.4, -0.2) is 53.3 Å². The zero-order chi connectivity index (χ0) is 16.5. The first-order valence-electron chi connectivity index (χ1n) is 7.03. The predicted octanol–water partition coefficient (Wildman–Crippen LogP) is 0.986. The molecule has 1 aliphatic heterocycles. The summed E-state index contributed by atoms with van der Waals surface area (Å²) in [5, 5.41) is 0. The molecule has 0 unspecified atom stereocenters. The highest BCUT2D eigenvalue weighted by Crippen LogP contribution is 2.19. The number of halogens is 2. The molecule has 0 radical (unpaired) electrons. The van der Waals surface area contributed by atoms with Crippen molar-refractivity contribution in [3.05, 3.63) is 35.4 Å². The van der Waals surface area contributed by atoms with Crippen LogP contribution in [0, 0.1) is 11.6 Å². The van der Waals surface area contributed by atoms with Gasteiger partial charge in [0.25, 0.3) is 5.91 Å². The van der Waals surface area contributed by atoms with Crippen molar-refractivity contribution in [3.8, 4) is 0 Å². The van der Waals surface area contributed by atoms with Crippen LogP contribution in [0.3, 0.4) is 0 Å². The van der Waals surface area contributed by atoms with Crippen LogP contribution in [0.2, 0.25) is 0 Å². The molecule has 2 N–H and O–H groups in total. The van der Waals surface area contributed by atoms with Crippen LogP contribution in [0.5, 0.6) is 0 Å². The molecule has 5 nitrogen and oxygen atoms in total. The van der Waals surface area contributed by atoms with Gasteiger partial charge >= 0.3 is 0 Å². The Balaban J connectivity index is 2.07. The fraction of sp³-hybridized carbons (Fsp3) is 0.467. The van der Waals surface area contributed by atoms with Crippen molar-refractivity contribution in [1.82, 2.24) is 9.80 Å². The molecule has 1 fully saturated rings. The minimum absolute atomic E-state index is 0.275. The van der Waals surface area contributed by atoms with E-state index in [2.05, 4.69) is 0 Å². The van der Waals surface area contributed by atoms with E-state index in [-0.39, 0.29) is 5.56 Å². The molecule has 120 valence electrons. The van der Waals surface area contributed by atoms with Gasteiger partial charge in [0.2, 0.25) is 5.91 Å². The summed E-state index contributed by atoms with van der Waals surface area (Å²) in [6, 6.07) is 2.81. The highest BCUT2D eigenvalue weighted by Gasteiger charge is 2.35. The fourth-order valence-corrected chi connectivity index (χ4v) is 2.46. The molecule has 0 saturated carbocycles. The molecule has 1 heterocycles. The summed E-state index contributed by atoms with van der Waals surface area (Å²) in [6.07, 6.45) is 0. The Kier molecular flexibility index (Phi) is 4.46. The molecule has 0 spiro atoms. The Morgan fingerprint density at radius 1 is 1.14 bits per heavy atom. The van der Waals surface area contributed by atoms with Crippen LogP contribution >= 0.6 is 0 Å². The summed E-state index contributed by atoms with van der Waals surface area (Å²) in [4.78, 5) is 27.0. The summed E-state index contributed by atoms with van der Waals surface area (Å²) in [7, 11) is 0. The standard InChI is InChI=1S/C15H19F2N3O2/c1-15(2,14(18)22)20-7-5-19(6-8-20)13(21)11-9-10(16)3-4-12(11)17/h3-4,9H,5-8H2,1-2H3,(H2,18,22). The summed E-state index contributed by atoms with van der Waals surface area (Å²) in [5.41, 5.74) is 4.29. The van der Waals surface area contributed by atoms with Crippen LogP contribution in [0.25, 0.3) is 0 Å². The van der Waals surface area contributed by atoms with Gasteiger partial charge in [-0.1, -0.05) is 0 Å². The van der Waals surface area contributed by atoms with Crippen molar-refractivity contribution in [1.29, 1.82) is 0 Å². The molecule has 22 heavy (non-hydrogen) atoms. The fourth-order valence-electron chi connectivity index (χ4n) is 2.46. The maximum Gasteiger partial charge on any atom is 0.257 e. The molecule has 2 amide bonds. The van der Waals surface area contributed by atoms with Gasteiger partial charge in [-0.15, -0.1) is 0 Å². The molecule has 1 aromatic carbocycles. The number of nitrogens with two attached hydrogens (primary N) is 1. The number of piperazine rings is 1. The van der Waals surface area contributed by atoms with Gasteiger partial charge in [-0.05, 0) is 32.0 Å². The minimum atomic E-state index is -0.806. The van der Waals surface area contributed by atoms with E-state index in [9.17, 15) is 18.4 Å². The van der Waals surface area contributed by atoms with E-state index in [1.807, 2.05) is 4.90 Å². The average molecular weight is 311 g/mol. The lowest BCUT2D eigenvalue weighted by atomic mass is 10.0. The quantitative estimate of drug-likeness (QED) is 0.905. The Morgan fingerprint density at radius 2 is 1.73 bits per heavy atom. The smallest absolute Gasteiger partial charge is 0.257 e. The molecule has 1 saturated heterocycles. The van der Waals surface area contributed by atoms with Gasteiger partial charge in [0.15, 0.2) is 0 Å². The van der Waals surface area contributed by atoms with Crippen molar-refractivity contribution in [3.63, 3.8) is 0 Å². The molecular weight excluding hydrogens is 292 g/mol. The number of carbonyl (C=O) groups excluding carboxylic acids is 2. The third kappa shape index (κ3) is 3.09. The van der Waals surface area contributed by atoms with Gasteiger partial charge in [0.1, 0.15) is 11.6 Å². The third-order valence-electron chi connectivity index (χ3n) is 4.12. The zero-order valence-corrected chi connectivity index (χ0v) is 12.6. The van der Waals surface area contributed by atoms with Crippen molar-refractivity contribution >= 4 is 11.8 Å². The number of hydrogen-bond donors (Lipinski definition) is 1. The Morgan fingerprint density at radius 3 is 2.27 bits per heavy atom. The van der Waals surface area contributed by atoms with E-state index < -0.39 is 29.0 Å². The van der Waals surface area contributed by atoms with Gasteiger partial charge in [-0.3, -0.25) is 14.5 Å². The Labute approximate surface area is 127 Å². The molecule has 1 aliphatic rings. The summed E-state index contributed by atoms with van der Waals surface area (Å²) >= 11 is 0. The number of rotatable bonds is 3. The molecule has 1 aromatic rings. The van der Waals surface area contributed by atoms with Crippen LogP contribution in [0.1, 0.15) is 24.2 Å². The van der Waals surface area contributed by atoms with E-state index in [1.54, 1.807) is 13.8 Å². The maximum absolute atomic E-state index is 13.7. The van der Waals surface area contributed by atoms with Crippen LogP contribution in [-0.2, 0) is 4.79 Å². The van der Waals surface area contributed by atoms with E-state index >= 15 is 0 Å². The van der Waals surface area contributed by atoms with Gasteiger partial charge in [0.05, 0.1) is 11.1 Å². The zero-order valence-electron chi connectivity index (χ0n) is 12.6. The van der Waals surface area contributed by atoms with E-state index in [4.69, 9.17) is 5.73 Å². The Hall–Kier alpha value is -2.02. The van der Waals surface area contributed by atoms with Gasteiger partial charge in [-0.25, -0.2) is 8.78 Å². The van der Waals surface area contributed by atoms with Crippen molar-refractivity contribution in [2.75, 3.05) is 26.2 Å². The topological polar surface area (TPSA) is 66.6 Å². The summed E-state index contributed by atoms with van der Waals surface area (Å²) in [6.45, 7) is 4.98. The number of hydrogen-bond acceptors (Lipinski definition) is 3. The second-order valence-electron chi connectivity index (χ2n) is 5.83. The number of primary amides is 1. The number of benzene rings is 1. The highest BCUT2D eigenvalue weighted by molar-refractivity contribution is 5.94. The van der Waals surface area contributed by atoms with E-state index in [0.29, 0.717) is 26.2 Å². The monoisotopic (exact) mass is 311 g/mol. The SMILES string of the molecule is CC(C)(C(N)=O)N1CCN(C(=O)c2cc(F)ccc2F)CC1. The summed E-state index contributed by atoms with van der Waals surface area (Å²) < 4.78 is 26.8. The summed E-state index contributed by atoms with van der Waals surface area (Å²) in [5.74, 6) is -2.39. The van der Waals surface area contributed by atoms with E-state index in [0.717, 1.165) is 18.2 Å². The molecule has 0 aromatic heterocycles. The molecule has 0 aliphatic carbocycles. The van der Waals surface area contributed by atoms with Gasteiger partial charge < -0.3 is 10.6 Å². The van der Waals surface area contributed by atoms with Crippen LogP contribution < -0.4 is 5.73 Å². The van der Waals surface area contributed by atoms with Crippen LogP contribution in [0.15, 0.2) is 18.2 Å². The van der Waals surface area contributed by atoms with Crippen LogP contribution in [0.4, 0.5) is 8.78 Å². The van der Waals surface area contributed by atoms with Gasteiger partial charge in [0, 0.05) is 26.2 Å². The third-order valence-corrected chi connectivity index (χ3v) is 4.12. The second kappa shape index (κ2) is 6.00. The number of nitrogens with zero attached hydrogens (tertiary/aromatic N) is 2. The first-order chi connectivity index (χ1) is 10.2. The lowest BCUT2D eigenvalue weighted by molar-refractivity contribution is -0.129. The normalized spacial score (nSPS) is 16.6. The maximum atomic E-state index is 13.7. The van der Waals surface area contributed by atoms with Crippen molar-refractivity contribution in [2.45, 2.75) is 19.4 Å². The highest BCUT2D eigenvalue weighted by atomic mass is 19.1. The van der Waals surface area contributed by atoms with Crippen molar-refractivity contribution < 1.29 is 18.4 Å². The molecular formula is C15H19F2N3O2. The predicted molar refractivity (Wildman–Crippen MR) is 77.1 cm³/mol. The number of carbonyl (C=O) groups is 2. The Bertz CT molecular complexity index is 596. The van der Waals surface area contributed by atoms with Crippen molar-refractivity contribution in [2.24, 2.45) is 5.73 Å². The number of amides is 2. The first kappa shape index (κ1) is 16.4. The minimum Gasteiger partial charge on any atom is -0.368 e. The molecule has 0 atom stereocenters. The first-order valence-corrected chi connectivity index (χ1v) is 7.03. The van der Waals surface area contributed by atoms with Gasteiger partial charge in [-0.2, -0.15) is 0 Å². The lowest BCUT2D eigenvalue weighted by Gasteiger charge is -2.42. The van der Waals surface area contributed by atoms with E-state index in [1.165, 1.54) is 4.90 Å². The largest absolute Gasteiger partial charge is 0.368 e. The second-order valence-corrected chi connectivity index (χ2v) is 5.83. The molecule has 7 heteroatoms. The lowest BCUT2D eigenvalue weighted by Crippen LogP contribution is -2.60. The molecule has 0 bridgehead atoms. The average Bonchev–Trinajstić information content (AvgIpc) is 2.49.